The van der Waals surface area contributed by atoms with Crippen LogP contribution >= 0.6 is 27.5 Å². The predicted octanol–water partition coefficient (Wildman–Crippen LogP) is 3.76. The van der Waals surface area contributed by atoms with Crippen molar-refractivity contribution in [2.45, 2.75) is 4.90 Å². The third-order valence-electron chi connectivity index (χ3n) is 2.66. The second-order valence-corrected chi connectivity index (χ2v) is 7.40. The first-order chi connectivity index (χ1) is 9.40. The highest BCUT2D eigenvalue weighted by atomic mass is 79.9. The van der Waals surface area contributed by atoms with Crippen LogP contribution in [-0.2, 0) is 9.84 Å². The fourth-order valence-electron chi connectivity index (χ4n) is 1.67. The number of ketones is 1. The van der Waals surface area contributed by atoms with Gasteiger partial charge in [-0.25, -0.2) is 8.42 Å². The van der Waals surface area contributed by atoms with Crippen LogP contribution < -0.4 is 0 Å². The number of sulfone groups is 1. The number of hydrogen-bond donors (Lipinski definition) is 0. The molecule has 0 bridgehead atoms. The second-order valence-electron chi connectivity index (χ2n) is 4.12. The average Bonchev–Trinajstić information content (AvgIpc) is 2.39. The molecule has 0 aliphatic rings. The van der Waals surface area contributed by atoms with Crippen LogP contribution in [0.1, 0.15) is 10.4 Å². The van der Waals surface area contributed by atoms with Gasteiger partial charge in [-0.05, 0) is 24.3 Å². The molecule has 0 atom stereocenters. The molecule has 2 aromatic carbocycles. The molecule has 0 aromatic heterocycles. The molecule has 3 nitrogen and oxygen atoms in total. The van der Waals surface area contributed by atoms with E-state index < -0.39 is 21.4 Å². The van der Waals surface area contributed by atoms with Crippen molar-refractivity contribution in [2.75, 3.05) is 5.75 Å². The van der Waals surface area contributed by atoms with E-state index in [0.29, 0.717) is 5.56 Å². The van der Waals surface area contributed by atoms with Gasteiger partial charge in [0.25, 0.3) is 0 Å². The molecule has 0 aliphatic carbocycles. The normalized spacial score (nSPS) is 11.3. The first kappa shape index (κ1) is 15.2. The summed E-state index contributed by atoms with van der Waals surface area (Å²) in [4.78, 5) is 12.0. The van der Waals surface area contributed by atoms with Crippen LogP contribution in [-0.4, -0.2) is 20.0 Å². The van der Waals surface area contributed by atoms with Gasteiger partial charge in [-0.3, -0.25) is 4.79 Å². The van der Waals surface area contributed by atoms with E-state index in [9.17, 15) is 13.2 Å². The number of Topliss-reactive ketones (excluding diaryl/α,β-unsaturated/α-hetero) is 1. The van der Waals surface area contributed by atoms with E-state index in [4.69, 9.17) is 11.6 Å². The highest BCUT2D eigenvalue weighted by Crippen LogP contribution is 2.22. The van der Waals surface area contributed by atoms with Crippen molar-refractivity contribution in [3.05, 3.63) is 63.6 Å². The fourth-order valence-corrected chi connectivity index (χ4v) is 3.74. The SMILES string of the molecule is O=C(CS(=O)(=O)c1ccccc1Cl)c1ccc(Br)cc1. The molecule has 2 rings (SSSR count). The van der Waals surface area contributed by atoms with Crippen LogP contribution in [0.4, 0.5) is 0 Å². The maximum atomic E-state index is 12.2. The Morgan fingerprint density at radius 2 is 1.65 bits per heavy atom. The average molecular weight is 374 g/mol. The number of halogens is 2. The number of hydrogen-bond acceptors (Lipinski definition) is 3. The zero-order chi connectivity index (χ0) is 14.8. The van der Waals surface area contributed by atoms with Crippen molar-refractivity contribution in [3.63, 3.8) is 0 Å². The summed E-state index contributed by atoms with van der Waals surface area (Å²) in [6.07, 6.45) is 0. The largest absolute Gasteiger partial charge is 0.293 e. The molecule has 2 aromatic rings. The Bertz CT molecular complexity index is 739. The van der Waals surface area contributed by atoms with Crippen LogP contribution in [0.25, 0.3) is 0 Å². The molecule has 0 N–H and O–H groups in total. The molecule has 0 heterocycles. The Morgan fingerprint density at radius 3 is 2.25 bits per heavy atom. The van der Waals surface area contributed by atoms with Gasteiger partial charge in [-0.2, -0.15) is 0 Å². The van der Waals surface area contributed by atoms with Crippen LogP contribution in [0, 0.1) is 0 Å². The molecule has 20 heavy (non-hydrogen) atoms. The van der Waals surface area contributed by atoms with Gasteiger partial charge in [0.15, 0.2) is 15.6 Å². The summed E-state index contributed by atoms with van der Waals surface area (Å²) < 4.78 is 25.2. The minimum Gasteiger partial charge on any atom is -0.293 e. The van der Waals surface area contributed by atoms with Gasteiger partial charge in [-0.15, -0.1) is 0 Å². The summed E-state index contributed by atoms with van der Waals surface area (Å²) in [5.41, 5.74) is 0.351. The minimum absolute atomic E-state index is 0.0212. The van der Waals surface area contributed by atoms with Gasteiger partial charge < -0.3 is 0 Å². The van der Waals surface area contributed by atoms with Crippen molar-refractivity contribution in [2.24, 2.45) is 0 Å². The zero-order valence-corrected chi connectivity index (χ0v) is 13.4. The summed E-state index contributed by atoms with van der Waals surface area (Å²) in [6, 6.07) is 12.6. The van der Waals surface area contributed by atoms with E-state index in [2.05, 4.69) is 15.9 Å². The van der Waals surface area contributed by atoms with Gasteiger partial charge in [0.2, 0.25) is 0 Å². The van der Waals surface area contributed by atoms with E-state index in [1.54, 1.807) is 36.4 Å². The van der Waals surface area contributed by atoms with Crippen molar-refractivity contribution < 1.29 is 13.2 Å². The standard InChI is InChI=1S/C14H10BrClO3S/c15-11-7-5-10(6-8-11)13(17)9-20(18,19)14-4-2-1-3-12(14)16/h1-8H,9H2. The van der Waals surface area contributed by atoms with Crippen molar-refractivity contribution in [1.82, 2.24) is 0 Å². The van der Waals surface area contributed by atoms with Crippen LogP contribution in [0.15, 0.2) is 57.9 Å². The van der Waals surface area contributed by atoms with E-state index >= 15 is 0 Å². The molecule has 0 saturated heterocycles. The minimum atomic E-state index is -3.74. The van der Waals surface area contributed by atoms with E-state index in [0.717, 1.165) is 4.47 Å². The monoisotopic (exact) mass is 372 g/mol. The first-order valence-corrected chi connectivity index (χ1v) is 8.48. The van der Waals surface area contributed by atoms with Gasteiger partial charge in [-0.1, -0.05) is 51.8 Å². The zero-order valence-electron chi connectivity index (χ0n) is 10.2. The van der Waals surface area contributed by atoms with E-state index in [1.165, 1.54) is 12.1 Å². The Balaban J connectivity index is 2.27. The summed E-state index contributed by atoms with van der Waals surface area (Å²) in [6.45, 7) is 0. The molecule has 6 heteroatoms. The molecule has 0 amide bonds. The van der Waals surface area contributed by atoms with Gasteiger partial charge in [0.05, 0.1) is 9.92 Å². The van der Waals surface area contributed by atoms with E-state index in [-0.39, 0.29) is 9.92 Å². The summed E-state index contributed by atoms with van der Waals surface area (Å²) in [7, 11) is -3.74. The fraction of sp³-hybridized carbons (Fsp3) is 0.0714. The van der Waals surface area contributed by atoms with Gasteiger partial charge in [0, 0.05) is 10.0 Å². The van der Waals surface area contributed by atoms with Crippen molar-refractivity contribution >= 4 is 43.2 Å². The molecule has 0 aliphatic heterocycles. The molecule has 0 fully saturated rings. The summed E-state index contributed by atoms with van der Waals surface area (Å²) >= 11 is 9.12. The lowest BCUT2D eigenvalue weighted by molar-refractivity contribution is 0.102. The molecule has 0 saturated carbocycles. The number of carbonyl (C=O) groups excluding carboxylic acids is 1. The maximum Gasteiger partial charge on any atom is 0.187 e. The Morgan fingerprint density at radius 1 is 1.05 bits per heavy atom. The van der Waals surface area contributed by atoms with Crippen LogP contribution in [0.3, 0.4) is 0 Å². The Labute approximate surface area is 130 Å². The summed E-state index contributed by atoms with van der Waals surface area (Å²) in [5, 5.41) is 0.121. The lowest BCUT2D eigenvalue weighted by Crippen LogP contribution is -2.16. The number of rotatable bonds is 4. The third-order valence-corrected chi connectivity index (χ3v) is 5.30. The smallest absolute Gasteiger partial charge is 0.187 e. The third kappa shape index (κ3) is 3.48. The molecular weight excluding hydrogens is 364 g/mol. The Kier molecular flexibility index (Phi) is 4.62. The van der Waals surface area contributed by atoms with Crippen LogP contribution in [0.2, 0.25) is 5.02 Å². The van der Waals surface area contributed by atoms with Crippen molar-refractivity contribution in [3.8, 4) is 0 Å². The molecule has 0 radical (unpaired) electrons. The molecule has 0 unspecified atom stereocenters. The topological polar surface area (TPSA) is 51.2 Å². The first-order valence-electron chi connectivity index (χ1n) is 5.66. The quantitative estimate of drug-likeness (QED) is 0.767. The number of benzene rings is 2. The highest BCUT2D eigenvalue weighted by Gasteiger charge is 2.22. The Hall–Kier alpha value is -1.17. The summed E-state index contributed by atoms with van der Waals surface area (Å²) in [5.74, 6) is -1.06. The molecular formula is C14H10BrClO3S. The van der Waals surface area contributed by atoms with Crippen LogP contribution in [0.5, 0.6) is 0 Å². The van der Waals surface area contributed by atoms with Gasteiger partial charge >= 0.3 is 0 Å². The van der Waals surface area contributed by atoms with Gasteiger partial charge in [0.1, 0.15) is 5.75 Å². The maximum absolute atomic E-state index is 12.2. The van der Waals surface area contributed by atoms with Crippen molar-refractivity contribution in [1.29, 1.82) is 0 Å². The lowest BCUT2D eigenvalue weighted by atomic mass is 10.2. The predicted molar refractivity (Wildman–Crippen MR) is 82.0 cm³/mol. The molecule has 104 valence electrons. The molecule has 0 spiro atoms. The second kappa shape index (κ2) is 6.08. The highest BCUT2D eigenvalue weighted by molar-refractivity contribution is 9.10. The number of carbonyl (C=O) groups is 1. The van der Waals surface area contributed by atoms with E-state index in [1.807, 2.05) is 0 Å². The lowest BCUT2D eigenvalue weighted by Gasteiger charge is -2.06.